The van der Waals surface area contributed by atoms with Crippen molar-refractivity contribution < 1.29 is 0 Å². The molecule has 0 N–H and O–H groups in total. The summed E-state index contributed by atoms with van der Waals surface area (Å²) in [6.07, 6.45) is 12.4. The van der Waals surface area contributed by atoms with E-state index in [1.165, 1.54) is 63.4 Å². The molecule has 2 aliphatic rings. The van der Waals surface area contributed by atoms with E-state index < -0.39 is 0 Å². The first kappa shape index (κ1) is 17.1. The summed E-state index contributed by atoms with van der Waals surface area (Å²) in [5.41, 5.74) is 1.76. The Hall–Kier alpha value is -0.240. The van der Waals surface area contributed by atoms with Crippen molar-refractivity contribution in [2.24, 2.45) is 0 Å². The lowest BCUT2D eigenvalue weighted by molar-refractivity contribution is -0.00493. The van der Waals surface area contributed by atoms with E-state index >= 15 is 0 Å². The summed E-state index contributed by atoms with van der Waals surface area (Å²) >= 11 is 6.06. The zero-order chi connectivity index (χ0) is 14.0. The van der Waals surface area contributed by atoms with Gasteiger partial charge < -0.3 is 0 Å². The fraction of sp³-hybridized carbons (Fsp3) is 0.667. The summed E-state index contributed by atoms with van der Waals surface area (Å²) < 4.78 is 0. The minimum absolute atomic E-state index is 0. The van der Waals surface area contributed by atoms with Gasteiger partial charge in [-0.25, -0.2) is 0 Å². The second kappa shape index (κ2) is 7.35. The average molecular weight is 328 g/mol. The van der Waals surface area contributed by atoms with Crippen molar-refractivity contribution in [2.75, 3.05) is 7.05 Å². The molecular formula is C18H27Cl2N. The minimum atomic E-state index is 0. The molecule has 2 fully saturated rings. The molecular weight excluding hydrogens is 301 g/mol. The number of halogens is 2. The highest BCUT2D eigenvalue weighted by Crippen LogP contribution is 2.48. The van der Waals surface area contributed by atoms with E-state index in [1.807, 2.05) is 0 Å². The Morgan fingerprint density at radius 2 is 1.52 bits per heavy atom. The topological polar surface area (TPSA) is 3.24 Å². The maximum atomic E-state index is 6.06. The van der Waals surface area contributed by atoms with E-state index in [0.29, 0.717) is 5.54 Å². The Kier molecular flexibility index (Phi) is 5.99. The van der Waals surface area contributed by atoms with Crippen LogP contribution in [0.25, 0.3) is 0 Å². The predicted octanol–water partition coefficient (Wildman–Crippen LogP) is 5.80. The van der Waals surface area contributed by atoms with Crippen LogP contribution < -0.4 is 0 Å². The quantitative estimate of drug-likeness (QED) is 0.634. The average Bonchev–Trinajstić information content (AvgIpc) is 2.68. The van der Waals surface area contributed by atoms with E-state index in [4.69, 9.17) is 11.6 Å². The number of rotatable bonds is 3. The van der Waals surface area contributed by atoms with Crippen molar-refractivity contribution in [2.45, 2.75) is 69.4 Å². The number of benzene rings is 1. The molecule has 0 aromatic heterocycles. The van der Waals surface area contributed by atoms with Gasteiger partial charge in [0.25, 0.3) is 0 Å². The molecule has 0 heterocycles. The molecule has 0 aliphatic heterocycles. The molecule has 21 heavy (non-hydrogen) atoms. The van der Waals surface area contributed by atoms with Crippen LogP contribution in [0.4, 0.5) is 0 Å². The summed E-state index contributed by atoms with van der Waals surface area (Å²) in [4.78, 5) is 2.71. The largest absolute Gasteiger partial charge is 0.294 e. The molecule has 0 saturated heterocycles. The van der Waals surface area contributed by atoms with E-state index in [-0.39, 0.29) is 12.4 Å². The molecule has 0 atom stereocenters. The lowest BCUT2D eigenvalue weighted by Gasteiger charge is -2.52. The molecule has 1 aromatic carbocycles. The Balaban J connectivity index is 0.00000161. The van der Waals surface area contributed by atoms with Gasteiger partial charge in [-0.05, 0) is 56.8 Å². The van der Waals surface area contributed by atoms with E-state index in [9.17, 15) is 0 Å². The van der Waals surface area contributed by atoms with Gasteiger partial charge in [0.05, 0.1) is 0 Å². The molecule has 3 heteroatoms. The first-order valence-electron chi connectivity index (χ1n) is 8.21. The summed E-state index contributed by atoms with van der Waals surface area (Å²) in [7, 11) is 2.36. The lowest BCUT2D eigenvalue weighted by Crippen LogP contribution is -2.53. The maximum absolute atomic E-state index is 6.06. The Bertz CT molecular complexity index is 431. The van der Waals surface area contributed by atoms with Crippen LogP contribution in [0.5, 0.6) is 0 Å². The van der Waals surface area contributed by atoms with Gasteiger partial charge >= 0.3 is 0 Å². The Morgan fingerprint density at radius 3 is 2.00 bits per heavy atom. The third-order valence-electron chi connectivity index (χ3n) is 5.61. The molecule has 1 nitrogen and oxygen atoms in total. The third kappa shape index (κ3) is 3.41. The molecule has 0 bridgehead atoms. The van der Waals surface area contributed by atoms with Crippen molar-refractivity contribution in [1.82, 2.24) is 4.90 Å². The zero-order valence-electron chi connectivity index (χ0n) is 13.0. The summed E-state index contributed by atoms with van der Waals surface area (Å²) in [5, 5.41) is 0.848. The third-order valence-corrected chi connectivity index (χ3v) is 5.86. The van der Waals surface area contributed by atoms with Gasteiger partial charge in [-0.3, -0.25) is 4.90 Å². The van der Waals surface area contributed by atoms with Crippen LogP contribution in [0.15, 0.2) is 24.3 Å². The van der Waals surface area contributed by atoms with Crippen molar-refractivity contribution in [3.05, 3.63) is 34.9 Å². The molecule has 2 saturated carbocycles. The van der Waals surface area contributed by atoms with Crippen LogP contribution in [0.3, 0.4) is 0 Å². The van der Waals surface area contributed by atoms with E-state index in [0.717, 1.165) is 11.1 Å². The molecule has 118 valence electrons. The van der Waals surface area contributed by atoms with Gasteiger partial charge in [0.15, 0.2) is 0 Å². The number of hydrogen-bond acceptors (Lipinski definition) is 1. The van der Waals surface area contributed by atoms with Crippen molar-refractivity contribution in [3.63, 3.8) is 0 Å². The van der Waals surface area contributed by atoms with Crippen molar-refractivity contribution in [3.8, 4) is 0 Å². The Labute approximate surface area is 140 Å². The first-order valence-corrected chi connectivity index (χ1v) is 8.59. The lowest BCUT2D eigenvalue weighted by atomic mass is 9.70. The van der Waals surface area contributed by atoms with Gasteiger partial charge in [-0.15, -0.1) is 12.4 Å². The monoisotopic (exact) mass is 327 g/mol. The van der Waals surface area contributed by atoms with Crippen molar-refractivity contribution >= 4 is 24.0 Å². The van der Waals surface area contributed by atoms with E-state index in [1.54, 1.807) is 0 Å². The second-order valence-corrected chi connectivity index (χ2v) is 7.08. The summed E-state index contributed by atoms with van der Waals surface area (Å²) in [6, 6.07) is 9.37. The SMILES string of the molecule is CN(C1CCCCCC1)C1(c2ccc(Cl)cc2)CCC1.Cl. The fourth-order valence-electron chi connectivity index (χ4n) is 4.11. The van der Waals surface area contributed by atoms with Gasteiger partial charge in [-0.1, -0.05) is 49.4 Å². The highest BCUT2D eigenvalue weighted by atomic mass is 35.5. The van der Waals surface area contributed by atoms with Crippen LogP contribution in [-0.4, -0.2) is 18.0 Å². The van der Waals surface area contributed by atoms with Crippen LogP contribution in [0, 0.1) is 0 Å². The predicted molar refractivity (Wildman–Crippen MR) is 93.5 cm³/mol. The van der Waals surface area contributed by atoms with Crippen LogP contribution in [0.1, 0.15) is 63.4 Å². The van der Waals surface area contributed by atoms with Crippen LogP contribution in [-0.2, 0) is 5.54 Å². The normalized spacial score (nSPS) is 22.2. The molecule has 3 rings (SSSR count). The van der Waals surface area contributed by atoms with Gasteiger partial charge in [0, 0.05) is 16.6 Å². The molecule has 0 amide bonds. The fourth-order valence-corrected chi connectivity index (χ4v) is 4.24. The minimum Gasteiger partial charge on any atom is -0.294 e. The van der Waals surface area contributed by atoms with E-state index in [2.05, 4.69) is 36.2 Å². The zero-order valence-corrected chi connectivity index (χ0v) is 14.6. The van der Waals surface area contributed by atoms with Gasteiger partial charge in [-0.2, -0.15) is 0 Å². The second-order valence-electron chi connectivity index (χ2n) is 6.65. The van der Waals surface area contributed by atoms with Gasteiger partial charge in [0.1, 0.15) is 0 Å². The molecule has 2 aliphatic carbocycles. The van der Waals surface area contributed by atoms with Crippen LogP contribution >= 0.6 is 24.0 Å². The summed E-state index contributed by atoms with van der Waals surface area (Å²) in [6.45, 7) is 0. The first-order chi connectivity index (χ1) is 9.72. The molecule has 0 spiro atoms. The van der Waals surface area contributed by atoms with Crippen molar-refractivity contribution in [1.29, 1.82) is 0 Å². The maximum Gasteiger partial charge on any atom is 0.0460 e. The molecule has 1 aromatic rings. The van der Waals surface area contributed by atoms with Gasteiger partial charge in [0.2, 0.25) is 0 Å². The highest BCUT2D eigenvalue weighted by Gasteiger charge is 2.44. The molecule has 0 radical (unpaired) electrons. The highest BCUT2D eigenvalue weighted by molar-refractivity contribution is 6.30. The number of nitrogens with zero attached hydrogens (tertiary/aromatic N) is 1. The Morgan fingerprint density at radius 1 is 0.952 bits per heavy atom. The summed E-state index contributed by atoms with van der Waals surface area (Å²) in [5.74, 6) is 0. The standard InChI is InChI=1S/C18H26ClN.ClH/c1-20(17-7-4-2-3-5-8-17)18(13-6-14-18)15-9-11-16(19)12-10-15;/h9-12,17H,2-8,13-14H2,1H3;1H. The smallest absolute Gasteiger partial charge is 0.0460 e. The number of hydrogen-bond donors (Lipinski definition) is 0. The van der Waals surface area contributed by atoms with Crippen LogP contribution in [0.2, 0.25) is 5.02 Å². The molecule has 0 unspecified atom stereocenters.